The fraction of sp³-hybridized carbons (Fsp3) is 0.368. The molecule has 1 aliphatic rings. The summed E-state index contributed by atoms with van der Waals surface area (Å²) in [5.74, 6) is 0.730. The first kappa shape index (κ1) is 17.0. The van der Waals surface area contributed by atoms with Crippen molar-refractivity contribution in [1.29, 1.82) is 0 Å². The minimum absolute atomic E-state index is 0.417. The van der Waals surface area contributed by atoms with E-state index in [1.54, 1.807) is 11.4 Å². The minimum atomic E-state index is -3.54. The third kappa shape index (κ3) is 2.72. The minimum Gasteiger partial charge on any atom is -0.496 e. The Morgan fingerprint density at radius 3 is 2.38 bits per heavy atom. The summed E-state index contributed by atoms with van der Waals surface area (Å²) < 4.78 is 33.5. The quantitative estimate of drug-likeness (QED) is 0.857. The van der Waals surface area contributed by atoms with Crippen LogP contribution < -0.4 is 4.74 Å². The Bertz CT molecular complexity index is 888. The van der Waals surface area contributed by atoms with Gasteiger partial charge in [-0.1, -0.05) is 24.3 Å². The SMILES string of the molecule is COc1cc(C)c(S(=O)(=O)N2CCc3ccccc3C2)c(C)c1C. The molecule has 0 N–H and O–H groups in total. The van der Waals surface area contributed by atoms with Gasteiger partial charge >= 0.3 is 0 Å². The van der Waals surface area contributed by atoms with Crippen molar-refractivity contribution in [2.24, 2.45) is 0 Å². The van der Waals surface area contributed by atoms with E-state index in [0.29, 0.717) is 18.0 Å². The number of hydrogen-bond donors (Lipinski definition) is 0. The van der Waals surface area contributed by atoms with Gasteiger partial charge in [0.05, 0.1) is 12.0 Å². The van der Waals surface area contributed by atoms with Gasteiger partial charge in [0.1, 0.15) is 5.75 Å². The molecule has 0 aliphatic carbocycles. The van der Waals surface area contributed by atoms with E-state index < -0.39 is 10.0 Å². The molecule has 2 aromatic rings. The van der Waals surface area contributed by atoms with Gasteiger partial charge in [0.2, 0.25) is 10.0 Å². The summed E-state index contributed by atoms with van der Waals surface area (Å²) in [6.45, 7) is 6.54. The van der Waals surface area contributed by atoms with Crippen LogP contribution in [0.25, 0.3) is 0 Å². The monoisotopic (exact) mass is 345 g/mol. The van der Waals surface area contributed by atoms with Crippen LogP contribution >= 0.6 is 0 Å². The van der Waals surface area contributed by atoms with E-state index in [9.17, 15) is 8.42 Å². The first-order chi connectivity index (χ1) is 11.4. The van der Waals surface area contributed by atoms with Gasteiger partial charge in [0.25, 0.3) is 0 Å². The highest BCUT2D eigenvalue weighted by molar-refractivity contribution is 7.89. The third-order valence-electron chi connectivity index (χ3n) is 4.89. The van der Waals surface area contributed by atoms with E-state index in [1.807, 2.05) is 45.0 Å². The summed E-state index contributed by atoms with van der Waals surface area (Å²) >= 11 is 0. The first-order valence-corrected chi connectivity index (χ1v) is 9.52. The van der Waals surface area contributed by atoms with Crippen LogP contribution in [-0.4, -0.2) is 26.4 Å². The Balaban J connectivity index is 2.05. The number of hydrogen-bond acceptors (Lipinski definition) is 3. The molecule has 128 valence electrons. The Morgan fingerprint density at radius 1 is 1.04 bits per heavy atom. The van der Waals surface area contributed by atoms with Gasteiger partial charge in [0.15, 0.2) is 0 Å². The molecular weight excluding hydrogens is 322 g/mol. The molecule has 0 amide bonds. The van der Waals surface area contributed by atoms with E-state index >= 15 is 0 Å². The second-order valence-electron chi connectivity index (χ2n) is 6.33. The van der Waals surface area contributed by atoms with E-state index in [1.165, 1.54) is 5.56 Å². The van der Waals surface area contributed by atoms with Crippen LogP contribution in [0.5, 0.6) is 5.75 Å². The Kier molecular flexibility index (Phi) is 4.40. The van der Waals surface area contributed by atoms with Crippen LogP contribution in [0.15, 0.2) is 35.2 Å². The van der Waals surface area contributed by atoms with E-state index in [4.69, 9.17) is 4.74 Å². The Labute approximate surface area is 144 Å². The third-order valence-corrected chi connectivity index (χ3v) is 7.03. The number of benzene rings is 2. The molecule has 0 spiro atoms. The summed E-state index contributed by atoms with van der Waals surface area (Å²) in [7, 11) is -1.93. The number of sulfonamides is 1. The fourth-order valence-corrected chi connectivity index (χ4v) is 5.34. The predicted molar refractivity (Wildman–Crippen MR) is 94.9 cm³/mol. The molecule has 0 bridgehead atoms. The van der Waals surface area contributed by atoms with Gasteiger partial charge in [-0.05, 0) is 61.1 Å². The molecule has 0 fully saturated rings. The van der Waals surface area contributed by atoms with Crippen LogP contribution in [0.4, 0.5) is 0 Å². The normalized spacial score (nSPS) is 15.2. The van der Waals surface area contributed by atoms with Crippen molar-refractivity contribution in [3.8, 4) is 5.75 Å². The largest absolute Gasteiger partial charge is 0.496 e. The topological polar surface area (TPSA) is 46.6 Å². The van der Waals surface area contributed by atoms with Crippen LogP contribution in [0.2, 0.25) is 0 Å². The second-order valence-corrected chi connectivity index (χ2v) is 8.21. The van der Waals surface area contributed by atoms with Crippen molar-refractivity contribution < 1.29 is 13.2 Å². The first-order valence-electron chi connectivity index (χ1n) is 8.08. The number of fused-ring (bicyclic) bond motifs is 1. The molecule has 0 unspecified atom stereocenters. The van der Waals surface area contributed by atoms with Crippen molar-refractivity contribution in [3.63, 3.8) is 0 Å². The highest BCUT2D eigenvalue weighted by atomic mass is 32.2. The molecule has 24 heavy (non-hydrogen) atoms. The predicted octanol–water partition coefficient (Wildman–Crippen LogP) is 3.37. The molecule has 0 atom stereocenters. The average molecular weight is 345 g/mol. The van der Waals surface area contributed by atoms with Crippen LogP contribution in [0.3, 0.4) is 0 Å². The number of aryl methyl sites for hydroxylation is 1. The van der Waals surface area contributed by atoms with Gasteiger partial charge in [-0.25, -0.2) is 8.42 Å². The van der Waals surface area contributed by atoms with Gasteiger partial charge < -0.3 is 4.74 Å². The lowest BCUT2D eigenvalue weighted by Crippen LogP contribution is -2.36. The van der Waals surface area contributed by atoms with Crippen molar-refractivity contribution >= 4 is 10.0 Å². The maximum Gasteiger partial charge on any atom is 0.243 e. The van der Waals surface area contributed by atoms with Gasteiger partial charge in [-0.15, -0.1) is 0 Å². The number of nitrogens with zero attached hydrogens (tertiary/aromatic N) is 1. The summed E-state index contributed by atoms with van der Waals surface area (Å²) in [5, 5.41) is 0. The summed E-state index contributed by atoms with van der Waals surface area (Å²) in [4.78, 5) is 0.417. The van der Waals surface area contributed by atoms with E-state index in [0.717, 1.165) is 34.4 Å². The van der Waals surface area contributed by atoms with Gasteiger partial charge in [0, 0.05) is 13.1 Å². The lowest BCUT2D eigenvalue weighted by molar-refractivity contribution is 0.390. The zero-order valence-corrected chi connectivity index (χ0v) is 15.4. The standard InChI is InChI=1S/C19H23NO3S/c1-13-11-18(23-4)14(2)15(3)19(13)24(21,22)20-10-9-16-7-5-6-8-17(16)12-20/h5-8,11H,9-10,12H2,1-4H3. The highest BCUT2D eigenvalue weighted by Crippen LogP contribution is 2.34. The molecule has 0 aromatic heterocycles. The van der Waals surface area contributed by atoms with Crippen molar-refractivity contribution in [1.82, 2.24) is 4.31 Å². The lowest BCUT2D eigenvalue weighted by atomic mass is 10.0. The lowest BCUT2D eigenvalue weighted by Gasteiger charge is -2.29. The average Bonchev–Trinajstić information content (AvgIpc) is 2.57. The summed E-state index contributed by atoms with van der Waals surface area (Å²) in [6.07, 6.45) is 0.753. The van der Waals surface area contributed by atoms with Crippen molar-refractivity contribution in [2.75, 3.05) is 13.7 Å². The number of rotatable bonds is 3. The number of methoxy groups -OCH3 is 1. The van der Waals surface area contributed by atoms with Crippen molar-refractivity contribution in [3.05, 3.63) is 58.1 Å². The Morgan fingerprint density at radius 2 is 1.71 bits per heavy atom. The molecule has 4 nitrogen and oxygen atoms in total. The van der Waals surface area contributed by atoms with Gasteiger partial charge in [-0.3, -0.25) is 0 Å². The molecule has 5 heteroatoms. The zero-order valence-electron chi connectivity index (χ0n) is 14.6. The summed E-state index contributed by atoms with van der Waals surface area (Å²) in [5.41, 5.74) is 4.70. The maximum absolute atomic E-state index is 13.3. The van der Waals surface area contributed by atoms with Crippen LogP contribution in [-0.2, 0) is 23.0 Å². The van der Waals surface area contributed by atoms with E-state index in [-0.39, 0.29) is 0 Å². The Hall–Kier alpha value is -1.85. The molecular formula is C19H23NO3S. The van der Waals surface area contributed by atoms with E-state index in [2.05, 4.69) is 6.07 Å². The van der Waals surface area contributed by atoms with Crippen molar-refractivity contribution in [2.45, 2.75) is 38.6 Å². The second kappa shape index (κ2) is 6.22. The molecule has 0 saturated heterocycles. The zero-order chi connectivity index (χ0) is 17.5. The molecule has 0 radical (unpaired) electrons. The van der Waals surface area contributed by atoms with Crippen LogP contribution in [0, 0.1) is 20.8 Å². The van der Waals surface area contributed by atoms with Crippen LogP contribution in [0.1, 0.15) is 27.8 Å². The molecule has 2 aromatic carbocycles. The molecule has 1 aliphatic heterocycles. The fourth-order valence-electron chi connectivity index (χ4n) is 3.43. The smallest absolute Gasteiger partial charge is 0.243 e. The molecule has 3 rings (SSSR count). The van der Waals surface area contributed by atoms with Gasteiger partial charge in [-0.2, -0.15) is 4.31 Å². The maximum atomic E-state index is 13.3. The summed E-state index contributed by atoms with van der Waals surface area (Å²) in [6, 6.07) is 9.86. The molecule has 0 saturated carbocycles. The number of ether oxygens (including phenoxy) is 1. The highest BCUT2D eigenvalue weighted by Gasteiger charge is 2.31. The molecule has 1 heterocycles.